The molecule has 4 rings (SSSR count). The second-order valence-corrected chi connectivity index (χ2v) is 24.6. The number of amides is 11. The third-order valence-corrected chi connectivity index (χ3v) is 16.2. The summed E-state index contributed by atoms with van der Waals surface area (Å²) in [7, 11) is 0. The highest BCUT2D eigenvalue weighted by Gasteiger charge is 2.37. The van der Waals surface area contributed by atoms with E-state index in [1.165, 1.54) is 19.2 Å². The van der Waals surface area contributed by atoms with Gasteiger partial charge in [-0.2, -0.15) is 63.1 Å². The largest absolute Gasteiger partial charge is 0.394 e. The zero-order valence-corrected chi connectivity index (χ0v) is 58.9. The van der Waals surface area contributed by atoms with Crippen LogP contribution in [0.5, 0.6) is 0 Å². The third-order valence-electron chi connectivity index (χ3n) is 15.1. The van der Waals surface area contributed by atoms with Crippen LogP contribution in [0.4, 0.5) is 0 Å². The molecule has 30 nitrogen and oxygen atoms in total. The van der Waals surface area contributed by atoms with Crippen molar-refractivity contribution in [1.29, 1.82) is 0 Å². The van der Waals surface area contributed by atoms with Gasteiger partial charge in [0, 0.05) is 66.2 Å². The molecule has 11 atom stereocenters. The average molecular weight is 1450 g/mol. The quantitative estimate of drug-likeness (QED) is 0.0156. The Kier molecular flexibility index (Phi) is 39.0. The monoisotopic (exact) mass is 1450 g/mol. The lowest BCUT2D eigenvalue weighted by Gasteiger charge is -2.29. The minimum absolute atomic E-state index is 0.00816. The molecule has 35 heteroatoms. The van der Waals surface area contributed by atoms with Crippen molar-refractivity contribution in [3.8, 4) is 11.3 Å². The van der Waals surface area contributed by atoms with Gasteiger partial charge < -0.3 is 95.3 Å². The van der Waals surface area contributed by atoms with Crippen LogP contribution in [-0.4, -0.2) is 222 Å². The molecular weight excluding hydrogens is 1350 g/mol. The van der Waals surface area contributed by atoms with E-state index in [-0.39, 0.29) is 112 Å². The minimum Gasteiger partial charge on any atom is -0.394 e. The van der Waals surface area contributed by atoms with E-state index in [1.54, 1.807) is 36.4 Å². The number of rotatable bonds is 34. The number of hydrogen-bond acceptors (Lipinski definition) is 24. The second kappa shape index (κ2) is 45.7. The van der Waals surface area contributed by atoms with Crippen LogP contribution in [0.15, 0.2) is 79.0 Å². The van der Waals surface area contributed by atoms with Crippen molar-refractivity contribution in [2.24, 2.45) is 5.92 Å². The van der Waals surface area contributed by atoms with E-state index < -0.39 is 151 Å². The van der Waals surface area contributed by atoms with Gasteiger partial charge in [0.15, 0.2) is 0 Å². The number of carbonyl (C=O) groups excluding carboxylic acids is 11. The minimum atomic E-state index is -1.74. The first-order valence-corrected chi connectivity index (χ1v) is 35.0. The lowest BCUT2D eigenvalue weighted by molar-refractivity contribution is -0.136. The molecule has 2 aromatic carbocycles. The Morgan fingerprint density at radius 2 is 1.03 bits per heavy atom. The summed E-state index contributed by atoms with van der Waals surface area (Å²) in [5, 5.41) is 65.2. The van der Waals surface area contributed by atoms with E-state index >= 15 is 0 Å². The molecule has 2 heterocycles. The predicted molar refractivity (Wildman–Crippen MR) is 382 cm³/mol. The number of benzene rings is 2. The molecule has 11 amide bonds. The average Bonchev–Trinajstić information content (AvgIpc) is 1.10. The summed E-state index contributed by atoms with van der Waals surface area (Å²) >= 11 is 21.0. The zero-order chi connectivity index (χ0) is 71.2. The highest BCUT2D eigenvalue weighted by Crippen LogP contribution is 2.18. The molecule has 0 aliphatic carbocycles. The molecule has 1 saturated heterocycles. The topological polar surface area (TPSA) is 434 Å². The number of aliphatic hydroxyl groups excluding tert-OH is 2. The SMILES string of the molecule is CC(C)C[C@@H]1NC(=O)[C@@H](Cc2ccccc2)NC(=O)[C@H](CCNCS)NC(=O)[C@@H](NC(=O)[C@H](CNCS)NC(=O)[C@H](CO)NC(=O)[C@H](CCNCS)NC(=O)c2ccnc(-c3ccccc3)c2)CCNC(=O)[C@H]([C@@H](C)O)NC(=O)[C@H](CCNCS)NC(=O)[C@H](CCNCS)NC1=O. The van der Waals surface area contributed by atoms with Gasteiger partial charge >= 0.3 is 0 Å². The maximum atomic E-state index is 14.9. The van der Waals surface area contributed by atoms with E-state index in [4.69, 9.17) is 0 Å². The van der Waals surface area contributed by atoms with E-state index in [2.05, 4.69) is 153 Å². The first-order chi connectivity index (χ1) is 46.6. The van der Waals surface area contributed by atoms with Gasteiger partial charge in [0.1, 0.15) is 60.4 Å². The number of thiol groups is 5. The van der Waals surface area contributed by atoms with Gasteiger partial charge in [0.25, 0.3) is 5.91 Å². The molecule has 1 aliphatic rings. The van der Waals surface area contributed by atoms with Crippen LogP contribution in [0, 0.1) is 5.92 Å². The molecule has 1 fully saturated rings. The Balaban J connectivity index is 1.76. The molecule has 0 spiro atoms. The number of pyridine rings is 1. The molecule has 1 aromatic heterocycles. The molecule has 0 unspecified atom stereocenters. The summed E-state index contributed by atoms with van der Waals surface area (Å²) in [5.74, 6) is -9.40. The summed E-state index contributed by atoms with van der Waals surface area (Å²) in [6.45, 7) is 3.50. The Bertz CT molecular complexity index is 3010. The molecule has 18 N–H and O–H groups in total. The summed E-state index contributed by atoms with van der Waals surface area (Å²) in [6, 6.07) is 5.76. The van der Waals surface area contributed by atoms with E-state index in [1.807, 2.05) is 44.2 Å². The Hall–Kier alpha value is -6.77. The Morgan fingerprint density at radius 1 is 0.546 bits per heavy atom. The van der Waals surface area contributed by atoms with Gasteiger partial charge in [-0.25, -0.2) is 0 Å². The summed E-state index contributed by atoms with van der Waals surface area (Å²) in [5.41, 5.74) is 1.98. The molecule has 536 valence electrons. The normalized spacial score (nSPS) is 20.8. The van der Waals surface area contributed by atoms with Crippen LogP contribution in [0.1, 0.15) is 75.2 Å². The van der Waals surface area contributed by atoms with E-state index in [0.29, 0.717) is 11.3 Å². The van der Waals surface area contributed by atoms with Gasteiger partial charge in [0.05, 0.1) is 18.4 Å². The standard InChI is InChI=1S/C62H95N17O13S5/c1-36(2)26-47-58(88)73-42(16-21-64-32-94)53(83)72-44(18-23-66-34-96)57(87)79-51(37(3)81)62(92)69-25-19-45(54(84)71-43(17-22-65-33-95)55(85)76-48(59(89)75-47)27-38-10-6-4-7-11-38)74-60(90)49(29-67-35-97)77-61(91)50(30-80)78-56(86)41(15-20-63-31-93)70-52(82)40-14-24-68-46(28-40)39-12-8-5-9-13-39/h4-14,24,28,36-37,41-45,47-51,63-67,80-81,93-97H,15-23,25-27,29-35H2,1-3H3,(H,69,92)(H,70,82)(H,71,84)(H,72,83)(H,73,88)(H,74,90)(H,75,89)(H,76,85)(H,77,91)(H,78,86)(H,79,87)/t37-,41+,42+,43+,44+,45+,47+,48-,49+,50+,51+/m1/s1. The van der Waals surface area contributed by atoms with Crippen LogP contribution in [0.3, 0.4) is 0 Å². The van der Waals surface area contributed by atoms with E-state index in [9.17, 15) is 63.0 Å². The number of carbonyl (C=O) groups is 11. The first kappa shape index (κ1) is 82.7. The first-order valence-electron chi connectivity index (χ1n) is 31.8. The van der Waals surface area contributed by atoms with Gasteiger partial charge in [-0.3, -0.25) is 57.7 Å². The maximum absolute atomic E-state index is 14.9. The lowest BCUT2D eigenvalue weighted by Crippen LogP contribution is -2.62. The fourth-order valence-electron chi connectivity index (χ4n) is 9.89. The number of aliphatic hydroxyl groups is 2. The van der Waals surface area contributed by atoms with Crippen LogP contribution in [0.2, 0.25) is 0 Å². The number of nitrogens with zero attached hydrogens (tertiary/aromatic N) is 1. The molecule has 3 aromatic rings. The highest BCUT2D eigenvalue weighted by atomic mass is 32.1. The lowest BCUT2D eigenvalue weighted by atomic mass is 10.00. The molecule has 97 heavy (non-hydrogen) atoms. The van der Waals surface area contributed by atoms with Gasteiger partial charge in [-0.15, -0.1) is 0 Å². The second-order valence-electron chi connectivity index (χ2n) is 23.0. The van der Waals surface area contributed by atoms with Crippen molar-refractivity contribution in [1.82, 2.24) is 90.1 Å². The highest BCUT2D eigenvalue weighted by molar-refractivity contribution is 7.80. The van der Waals surface area contributed by atoms with Crippen LogP contribution < -0.4 is 85.1 Å². The van der Waals surface area contributed by atoms with Crippen LogP contribution in [-0.2, 0) is 54.4 Å². The van der Waals surface area contributed by atoms with Crippen molar-refractivity contribution in [2.45, 2.75) is 132 Å². The van der Waals surface area contributed by atoms with Crippen molar-refractivity contribution < 1.29 is 63.0 Å². The maximum Gasteiger partial charge on any atom is 0.252 e. The van der Waals surface area contributed by atoms with Crippen LogP contribution in [0.25, 0.3) is 11.3 Å². The van der Waals surface area contributed by atoms with Crippen molar-refractivity contribution in [2.75, 3.05) is 75.3 Å². The number of nitrogens with one attached hydrogen (secondary N) is 16. The van der Waals surface area contributed by atoms with Gasteiger partial charge in [0.2, 0.25) is 59.1 Å². The van der Waals surface area contributed by atoms with Crippen molar-refractivity contribution >= 4 is 128 Å². The van der Waals surface area contributed by atoms with Gasteiger partial charge in [-0.1, -0.05) is 74.5 Å². The summed E-state index contributed by atoms with van der Waals surface area (Å²) in [4.78, 5) is 163. The van der Waals surface area contributed by atoms with Crippen molar-refractivity contribution in [3.63, 3.8) is 0 Å². The summed E-state index contributed by atoms with van der Waals surface area (Å²) in [6.07, 6.45) is -0.941. The van der Waals surface area contributed by atoms with Gasteiger partial charge in [-0.05, 0) is 95.2 Å². The van der Waals surface area contributed by atoms with Crippen LogP contribution >= 0.6 is 63.1 Å². The fraction of sp³-hybridized carbons (Fsp3) is 0.548. The molecule has 0 saturated carbocycles. The fourth-order valence-corrected chi connectivity index (χ4v) is 10.6. The number of hydrogen-bond donors (Lipinski definition) is 23. The third kappa shape index (κ3) is 29.7. The Labute approximate surface area is 592 Å². The molecule has 0 radical (unpaired) electrons. The smallest absolute Gasteiger partial charge is 0.252 e. The Morgan fingerprint density at radius 3 is 1.58 bits per heavy atom. The molecule has 0 bridgehead atoms. The zero-order valence-electron chi connectivity index (χ0n) is 54.4. The number of aromatic nitrogens is 1. The molecule has 1 aliphatic heterocycles. The van der Waals surface area contributed by atoms with E-state index in [0.717, 1.165) is 5.56 Å². The summed E-state index contributed by atoms with van der Waals surface area (Å²) < 4.78 is 0. The predicted octanol–water partition coefficient (Wildman–Crippen LogP) is -3.66. The van der Waals surface area contributed by atoms with Crippen molar-refractivity contribution in [3.05, 3.63) is 90.1 Å². The molecular formula is C62H95N17O13S5.